The molecule has 1 aliphatic rings. The lowest BCUT2D eigenvalue weighted by atomic mass is 9.84. The van der Waals surface area contributed by atoms with Gasteiger partial charge < -0.3 is 20.9 Å². The number of carbonyl (C=O) groups is 1. The number of hydrogen-bond donors (Lipinski definition) is 2. The standard InChI is InChI=1S/C14H20N6O3/c1-3-14(4-22-7-21)8(2)9(15)13(23-14)20-6-19-10-11(16)17-5-18-12(10)20/h5-9,13H,3-4,15H2,1-2H3,(H2,16,17,18)/t8?,9-,13+,14-/m0/s1. The van der Waals surface area contributed by atoms with E-state index in [1.807, 2.05) is 13.8 Å². The molecule has 1 fully saturated rings. The third-order valence-electron chi connectivity index (χ3n) is 4.75. The molecular weight excluding hydrogens is 300 g/mol. The van der Waals surface area contributed by atoms with Crippen LogP contribution in [0.25, 0.3) is 11.2 Å². The fraction of sp³-hybridized carbons (Fsp3) is 0.571. The number of fused-ring (bicyclic) bond motifs is 1. The average Bonchev–Trinajstić information content (AvgIpc) is 3.09. The van der Waals surface area contributed by atoms with Gasteiger partial charge in [0.05, 0.1) is 12.4 Å². The zero-order valence-corrected chi connectivity index (χ0v) is 13.0. The van der Waals surface area contributed by atoms with Crippen molar-refractivity contribution in [3.63, 3.8) is 0 Å². The molecule has 1 saturated heterocycles. The van der Waals surface area contributed by atoms with E-state index in [0.29, 0.717) is 29.9 Å². The highest BCUT2D eigenvalue weighted by molar-refractivity contribution is 5.81. The maximum Gasteiger partial charge on any atom is 0.293 e. The van der Waals surface area contributed by atoms with Crippen LogP contribution in [0.5, 0.6) is 0 Å². The molecule has 0 amide bonds. The fourth-order valence-corrected chi connectivity index (χ4v) is 3.17. The molecule has 2 aromatic rings. The Hall–Kier alpha value is -2.26. The Kier molecular flexibility index (Phi) is 3.90. The highest BCUT2D eigenvalue weighted by atomic mass is 16.6. The molecule has 124 valence electrons. The van der Waals surface area contributed by atoms with Gasteiger partial charge in [-0.1, -0.05) is 13.8 Å². The maximum absolute atomic E-state index is 10.6. The lowest BCUT2D eigenvalue weighted by Crippen LogP contribution is -2.42. The van der Waals surface area contributed by atoms with Crippen molar-refractivity contribution in [3.8, 4) is 0 Å². The third-order valence-corrected chi connectivity index (χ3v) is 4.75. The van der Waals surface area contributed by atoms with Crippen molar-refractivity contribution >= 4 is 23.5 Å². The van der Waals surface area contributed by atoms with Gasteiger partial charge in [0.1, 0.15) is 24.1 Å². The second kappa shape index (κ2) is 5.74. The smallest absolute Gasteiger partial charge is 0.293 e. The van der Waals surface area contributed by atoms with Crippen LogP contribution in [0.4, 0.5) is 5.82 Å². The Morgan fingerprint density at radius 2 is 2.26 bits per heavy atom. The van der Waals surface area contributed by atoms with Crippen LogP contribution in [0.3, 0.4) is 0 Å². The van der Waals surface area contributed by atoms with Crippen molar-refractivity contribution in [2.45, 2.75) is 38.1 Å². The summed E-state index contributed by atoms with van der Waals surface area (Å²) in [6.07, 6.45) is 3.16. The number of nitrogen functional groups attached to an aromatic ring is 1. The fourth-order valence-electron chi connectivity index (χ4n) is 3.17. The van der Waals surface area contributed by atoms with Crippen LogP contribution >= 0.6 is 0 Å². The van der Waals surface area contributed by atoms with E-state index in [0.717, 1.165) is 0 Å². The van der Waals surface area contributed by atoms with Crippen LogP contribution in [-0.4, -0.2) is 44.2 Å². The number of aromatic nitrogens is 4. The second-order valence-electron chi connectivity index (χ2n) is 5.78. The van der Waals surface area contributed by atoms with Crippen molar-refractivity contribution in [2.75, 3.05) is 12.3 Å². The normalized spacial score (nSPS) is 30.7. The Labute approximate surface area is 133 Å². The average molecular weight is 320 g/mol. The van der Waals surface area contributed by atoms with Gasteiger partial charge in [0, 0.05) is 5.92 Å². The van der Waals surface area contributed by atoms with Crippen LogP contribution in [0, 0.1) is 5.92 Å². The summed E-state index contributed by atoms with van der Waals surface area (Å²) in [5.41, 5.74) is 12.6. The number of nitrogens with zero attached hydrogens (tertiary/aromatic N) is 4. The van der Waals surface area contributed by atoms with Crippen LogP contribution in [0.15, 0.2) is 12.7 Å². The van der Waals surface area contributed by atoms with E-state index < -0.39 is 11.8 Å². The van der Waals surface area contributed by atoms with E-state index in [-0.39, 0.29) is 18.6 Å². The molecule has 0 bridgehead atoms. The van der Waals surface area contributed by atoms with Gasteiger partial charge in [0.15, 0.2) is 17.7 Å². The SMILES string of the molecule is CC[C@@]1(COC=O)O[C@@H](n2cnc3c(N)ncnc32)[C@@H](N)C1C. The summed E-state index contributed by atoms with van der Waals surface area (Å²) < 4.78 is 13.0. The lowest BCUT2D eigenvalue weighted by molar-refractivity contribution is -0.148. The quantitative estimate of drug-likeness (QED) is 0.748. The largest absolute Gasteiger partial charge is 0.465 e. The van der Waals surface area contributed by atoms with Crippen LogP contribution in [0.2, 0.25) is 0 Å². The van der Waals surface area contributed by atoms with Gasteiger partial charge in [-0.2, -0.15) is 0 Å². The van der Waals surface area contributed by atoms with Crippen molar-refractivity contribution in [1.29, 1.82) is 0 Å². The molecule has 2 aromatic heterocycles. The molecule has 4 N–H and O–H groups in total. The van der Waals surface area contributed by atoms with Gasteiger partial charge in [-0.3, -0.25) is 9.36 Å². The number of anilines is 1. The molecule has 0 aromatic carbocycles. The van der Waals surface area contributed by atoms with Crippen molar-refractivity contribution < 1.29 is 14.3 Å². The zero-order valence-electron chi connectivity index (χ0n) is 13.0. The van der Waals surface area contributed by atoms with E-state index in [1.165, 1.54) is 6.33 Å². The van der Waals surface area contributed by atoms with Gasteiger partial charge in [-0.25, -0.2) is 15.0 Å². The van der Waals surface area contributed by atoms with Crippen molar-refractivity contribution in [2.24, 2.45) is 11.7 Å². The van der Waals surface area contributed by atoms with Gasteiger partial charge in [-0.05, 0) is 6.42 Å². The Morgan fingerprint density at radius 3 is 2.96 bits per heavy atom. The summed E-state index contributed by atoms with van der Waals surface area (Å²) in [5, 5.41) is 0. The minimum absolute atomic E-state index is 0.0194. The molecule has 1 aliphatic heterocycles. The number of nitrogens with two attached hydrogens (primary N) is 2. The Bertz CT molecular complexity index is 720. The van der Waals surface area contributed by atoms with Crippen molar-refractivity contribution in [3.05, 3.63) is 12.7 Å². The molecule has 0 aliphatic carbocycles. The molecule has 9 nitrogen and oxygen atoms in total. The van der Waals surface area contributed by atoms with E-state index >= 15 is 0 Å². The van der Waals surface area contributed by atoms with Crippen LogP contribution in [-0.2, 0) is 14.3 Å². The van der Waals surface area contributed by atoms with Gasteiger partial charge >= 0.3 is 0 Å². The van der Waals surface area contributed by atoms with Gasteiger partial charge in [0.2, 0.25) is 0 Å². The summed E-state index contributed by atoms with van der Waals surface area (Å²) in [6, 6.07) is -0.307. The number of hydrogen-bond acceptors (Lipinski definition) is 8. The van der Waals surface area contributed by atoms with E-state index in [9.17, 15) is 4.79 Å². The van der Waals surface area contributed by atoms with Gasteiger partial charge in [0.25, 0.3) is 6.47 Å². The molecule has 9 heteroatoms. The molecule has 0 radical (unpaired) electrons. The summed E-state index contributed by atoms with van der Waals surface area (Å²) in [6.45, 7) is 4.55. The van der Waals surface area contributed by atoms with Gasteiger partial charge in [-0.15, -0.1) is 0 Å². The first-order valence-electron chi connectivity index (χ1n) is 7.45. The summed E-state index contributed by atoms with van der Waals surface area (Å²) in [7, 11) is 0. The zero-order chi connectivity index (χ0) is 16.6. The molecule has 1 unspecified atom stereocenters. The highest BCUT2D eigenvalue weighted by Gasteiger charge is 2.52. The summed E-state index contributed by atoms with van der Waals surface area (Å²) in [5.74, 6) is 0.286. The molecule has 0 spiro atoms. The van der Waals surface area contributed by atoms with E-state index in [1.54, 1.807) is 10.9 Å². The van der Waals surface area contributed by atoms with Crippen molar-refractivity contribution in [1.82, 2.24) is 19.5 Å². The summed E-state index contributed by atoms with van der Waals surface area (Å²) in [4.78, 5) is 23.0. The summed E-state index contributed by atoms with van der Waals surface area (Å²) >= 11 is 0. The van der Waals surface area contributed by atoms with Crippen LogP contribution in [0.1, 0.15) is 26.5 Å². The minimum atomic E-state index is -0.639. The number of carbonyl (C=O) groups excluding carboxylic acids is 1. The maximum atomic E-state index is 10.6. The molecule has 0 saturated carbocycles. The van der Waals surface area contributed by atoms with Crippen LogP contribution < -0.4 is 11.5 Å². The second-order valence-corrected chi connectivity index (χ2v) is 5.78. The molecular formula is C14H20N6O3. The van der Waals surface area contributed by atoms with E-state index in [2.05, 4.69) is 15.0 Å². The topological polar surface area (TPSA) is 131 Å². The van der Waals surface area contributed by atoms with E-state index in [4.69, 9.17) is 20.9 Å². The predicted octanol–water partition coefficient (Wildman–Crippen LogP) is 0.223. The highest BCUT2D eigenvalue weighted by Crippen LogP contribution is 2.43. The number of rotatable bonds is 5. The molecule has 3 heterocycles. The first kappa shape index (κ1) is 15.6. The number of ether oxygens (including phenoxy) is 2. The Balaban J connectivity index is 1.99. The number of imidazole rings is 1. The minimum Gasteiger partial charge on any atom is -0.465 e. The lowest BCUT2D eigenvalue weighted by Gasteiger charge is -2.30. The predicted molar refractivity (Wildman–Crippen MR) is 82.0 cm³/mol. The third kappa shape index (κ3) is 2.32. The molecule has 4 atom stereocenters. The molecule has 23 heavy (non-hydrogen) atoms. The monoisotopic (exact) mass is 320 g/mol. The first-order chi connectivity index (χ1) is 11.0. The molecule has 3 rings (SSSR count). The Morgan fingerprint density at radius 1 is 1.48 bits per heavy atom. The first-order valence-corrected chi connectivity index (χ1v) is 7.45.